The average Bonchev–Trinajstić information content (AvgIpc) is 2.71. The number of hydrogen-bond acceptors (Lipinski definition) is 1. The van der Waals surface area contributed by atoms with Crippen molar-refractivity contribution in [2.24, 2.45) is 5.92 Å². The smallest absolute Gasteiger partial charge is 0.216 e. The number of benzene rings is 1. The van der Waals surface area contributed by atoms with E-state index in [1.54, 1.807) is 13.0 Å². The lowest BCUT2D eigenvalue weighted by Crippen LogP contribution is -1.92. The fraction of sp³-hybridized carbons (Fsp3) is 0.312. The SMILES string of the molecule is Cc1ccc(-c2ccc3c(c2)CC(C)C3)nc1F. The van der Waals surface area contributed by atoms with Crippen LogP contribution in [0, 0.1) is 18.8 Å². The van der Waals surface area contributed by atoms with E-state index in [2.05, 4.69) is 24.0 Å². The lowest BCUT2D eigenvalue weighted by Gasteiger charge is -2.05. The van der Waals surface area contributed by atoms with E-state index in [-0.39, 0.29) is 5.95 Å². The fourth-order valence-electron chi connectivity index (χ4n) is 2.66. The minimum absolute atomic E-state index is 0.374. The Balaban J connectivity index is 2.03. The molecule has 1 aromatic carbocycles. The number of rotatable bonds is 1. The molecular formula is C16H16FN. The summed E-state index contributed by atoms with van der Waals surface area (Å²) in [6.45, 7) is 4.00. The Morgan fingerprint density at radius 2 is 1.89 bits per heavy atom. The average molecular weight is 241 g/mol. The van der Waals surface area contributed by atoms with Crippen molar-refractivity contribution >= 4 is 0 Å². The molecule has 3 rings (SSSR count). The number of aromatic nitrogens is 1. The molecule has 1 aliphatic carbocycles. The minimum Gasteiger partial charge on any atom is -0.219 e. The summed E-state index contributed by atoms with van der Waals surface area (Å²) >= 11 is 0. The van der Waals surface area contributed by atoms with Gasteiger partial charge in [0, 0.05) is 11.1 Å². The van der Waals surface area contributed by atoms with Crippen LogP contribution in [0.15, 0.2) is 30.3 Å². The van der Waals surface area contributed by atoms with Crippen LogP contribution in [0.5, 0.6) is 0 Å². The molecule has 1 aromatic heterocycles. The topological polar surface area (TPSA) is 12.9 Å². The molecular weight excluding hydrogens is 225 g/mol. The van der Waals surface area contributed by atoms with E-state index in [9.17, 15) is 4.39 Å². The highest BCUT2D eigenvalue weighted by Crippen LogP contribution is 2.30. The van der Waals surface area contributed by atoms with Crippen LogP contribution in [0.1, 0.15) is 23.6 Å². The highest BCUT2D eigenvalue weighted by atomic mass is 19.1. The minimum atomic E-state index is -0.374. The molecule has 2 aromatic rings. The van der Waals surface area contributed by atoms with Gasteiger partial charge in [-0.25, -0.2) is 4.98 Å². The zero-order valence-electron chi connectivity index (χ0n) is 10.7. The molecule has 2 heteroatoms. The van der Waals surface area contributed by atoms with E-state index in [0.29, 0.717) is 5.56 Å². The van der Waals surface area contributed by atoms with Gasteiger partial charge in [0.15, 0.2) is 0 Å². The molecule has 0 aliphatic heterocycles. The number of aryl methyl sites for hydroxylation is 1. The van der Waals surface area contributed by atoms with E-state index in [4.69, 9.17) is 0 Å². The predicted molar refractivity (Wildman–Crippen MR) is 70.9 cm³/mol. The zero-order chi connectivity index (χ0) is 12.7. The van der Waals surface area contributed by atoms with E-state index in [0.717, 1.165) is 30.0 Å². The number of hydrogen-bond donors (Lipinski definition) is 0. The van der Waals surface area contributed by atoms with Crippen LogP contribution in [0.4, 0.5) is 4.39 Å². The number of halogens is 1. The molecule has 0 bridgehead atoms. The van der Waals surface area contributed by atoms with Crippen molar-refractivity contribution in [2.45, 2.75) is 26.7 Å². The third-order valence-electron chi connectivity index (χ3n) is 3.67. The Bertz CT molecular complexity index is 604. The molecule has 0 N–H and O–H groups in total. The van der Waals surface area contributed by atoms with Crippen molar-refractivity contribution in [1.29, 1.82) is 0 Å². The Morgan fingerprint density at radius 3 is 2.67 bits per heavy atom. The Kier molecular flexibility index (Phi) is 2.66. The zero-order valence-corrected chi connectivity index (χ0v) is 10.7. The van der Waals surface area contributed by atoms with Gasteiger partial charge in [0.1, 0.15) is 0 Å². The molecule has 0 radical (unpaired) electrons. The summed E-state index contributed by atoms with van der Waals surface area (Å²) in [4.78, 5) is 4.02. The standard InChI is InChI=1S/C16H16FN/c1-10-7-12-4-5-13(9-14(12)8-10)15-6-3-11(2)16(17)18-15/h3-6,9-10H,7-8H2,1-2H3. The fourth-order valence-corrected chi connectivity index (χ4v) is 2.66. The third kappa shape index (κ3) is 1.92. The van der Waals surface area contributed by atoms with Gasteiger partial charge in [-0.15, -0.1) is 0 Å². The largest absolute Gasteiger partial charge is 0.219 e. The van der Waals surface area contributed by atoms with E-state index < -0.39 is 0 Å². The second-order valence-corrected chi connectivity index (χ2v) is 5.30. The number of pyridine rings is 1. The number of fused-ring (bicyclic) bond motifs is 1. The Morgan fingerprint density at radius 1 is 1.11 bits per heavy atom. The van der Waals surface area contributed by atoms with Gasteiger partial charge >= 0.3 is 0 Å². The van der Waals surface area contributed by atoms with E-state index >= 15 is 0 Å². The molecule has 1 atom stereocenters. The Labute approximate surface area is 107 Å². The quantitative estimate of drug-likeness (QED) is 0.689. The van der Waals surface area contributed by atoms with Crippen molar-refractivity contribution in [2.75, 3.05) is 0 Å². The second kappa shape index (κ2) is 4.20. The summed E-state index contributed by atoms with van der Waals surface area (Å²) in [6, 6.07) is 10.0. The van der Waals surface area contributed by atoms with Gasteiger partial charge in [-0.1, -0.05) is 25.1 Å². The summed E-state index contributed by atoms with van der Waals surface area (Å²) in [6.07, 6.45) is 2.28. The molecule has 1 aliphatic rings. The van der Waals surface area contributed by atoms with Gasteiger partial charge < -0.3 is 0 Å². The lowest BCUT2D eigenvalue weighted by atomic mass is 10.0. The normalized spacial score (nSPS) is 17.8. The monoisotopic (exact) mass is 241 g/mol. The van der Waals surface area contributed by atoms with Gasteiger partial charge in [-0.05, 0) is 48.9 Å². The molecule has 1 unspecified atom stereocenters. The summed E-state index contributed by atoms with van der Waals surface area (Å²) in [7, 11) is 0. The Hall–Kier alpha value is -1.70. The molecule has 1 nitrogen and oxygen atoms in total. The van der Waals surface area contributed by atoms with Crippen LogP contribution in [-0.2, 0) is 12.8 Å². The molecule has 0 fully saturated rings. The van der Waals surface area contributed by atoms with E-state index in [1.807, 2.05) is 12.1 Å². The lowest BCUT2D eigenvalue weighted by molar-refractivity contribution is 0.576. The predicted octanol–water partition coefficient (Wildman–Crippen LogP) is 3.93. The summed E-state index contributed by atoms with van der Waals surface area (Å²) in [5.74, 6) is 0.347. The van der Waals surface area contributed by atoms with Gasteiger partial charge in [-0.2, -0.15) is 4.39 Å². The van der Waals surface area contributed by atoms with Crippen molar-refractivity contribution in [3.8, 4) is 11.3 Å². The molecule has 0 saturated heterocycles. The van der Waals surface area contributed by atoms with E-state index in [1.165, 1.54) is 11.1 Å². The van der Waals surface area contributed by atoms with Crippen molar-refractivity contribution in [1.82, 2.24) is 4.98 Å². The molecule has 1 heterocycles. The maximum Gasteiger partial charge on any atom is 0.216 e. The highest BCUT2D eigenvalue weighted by molar-refractivity contribution is 5.61. The molecule has 92 valence electrons. The van der Waals surface area contributed by atoms with Crippen LogP contribution >= 0.6 is 0 Å². The van der Waals surface area contributed by atoms with Crippen LogP contribution in [-0.4, -0.2) is 4.98 Å². The van der Waals surface area contributed by atoms with Crippen LogP contribution in [0.25, 0.3) is 11.3 Å². The molecule has 0 spiro atoms. The summed E-state index contributed by atoms with van der Waals surface area (Å²) in [5, 5.41) is 0. The van der Waals surface area contributed by atoms with Crippen molar-refractivity contribution < 1.29 is 4.39 Å². The molecule has 0 amide bonds. The van der Waals surface area contributed by atoms with Crippen molar-refractivity contribution in [3.05, 3.63) is 53.0 Å². The summed E-state index contributed by atoms with van der Waals surface area (Å²) < 4.78 is 13.5. The highest BCUT2D eigenvalue weighted by Gasteiger charge is 2.18. The first-order valence-electron chi connectivity index (χ1n) is 6.39. The second-order valence-electron chi connectivity index (χ2n) is 5.30. The van der Waals surface area contributed by atoms with Gasteiger partial charge in [0.2, 0.25) is 5.95 Å². The summed E-state index contributed by atoms with van der Waals surface area (Å²) in [5.41, 5.74) is 5.15. The first-order valence-corrected chi connectivity index (χ1v) is 6.39. The maximum absolute atomic E-state index is 13.5. The van der Waals surface area contributed by atoms with Gasteiger partial charge in [-0.3, -0.25) is 0 Å². The van der Waals surface area contributed by atoms with Crippen LogP contribution in [0.3, 0.4) is 0 Å². The maximum atomic E-state index is 13.5. The van der Waals surface area contributed by atoms with Gasteiger partial charge in [0.25, 0.3) is 0 Å². The molecule has 18 heavy (non-hydrogen) atoms. The van der Waals surface area contributed by atoms with Crippen molar-refractivity contribution in [3.63, 3.8) is 0 Å². The van der Waals surface area contributed by atoms with Crippen LogP contribution < -0.4 is 0 Å². The number of nitrogens with zero attached hydrogens (tertiary/aromatic N) is 1. The van der Waals surface area contributed by atoms with Gasteiger partial charge in [0.05, 0.1) is 5.69 Å². The first-order chi connectivity index (χ1) is 8.63. The first kappa shape index (κ1) is 11.4. The molecule has 0 saturated carbocycles. The van der Waals surface area contributed by atoms with Crippen LogP contribution in [0.2, 0.25) is 0 Å². The third-order valence-corrected chi connectivity index (χ3v) is 3.67.